The first-order valence-electron chi connectivity index (χ1n) is 4.24. The van der Waals surface area contributed by atoms with Gasteiger partial charge < -0.3 is 5.11 Å². The van der Waals surface area contributed by atoms with Crippen LogP contribution in [0.2, 0.25) is 5.02 Å². The molecule has 14 heavy (non-hydrogen) atoms. The van der Waals surface area contributed by atoms with Gasteiger partial charge in [-0.25, -0.2) is 0 Å². The van der Waals surface area contributed by atoms with Crippen LogP contribution < -0.4 is 0 Å². The van der Waals surface area contributed by atoms with Crippen molar-refractivity contribution in [1.82, 2.24) is 0 Å². The maximum absolute atomic E-state index is 9.94. The van der Waals surface area contributed by atoms with Crippen molar-refractivity contribution in [3.63, 3.8) is 0 Å². The van der Waals surface area contributed by atoms with E-state index in [1.807, 2.05) is 29.6 Å². The van der Waals surface area contributed by atoms with Crippen molar-refractivity contribution >= 4 is 22.9 Å². The molecule has 1 N–H and O–H groups in total. The van der Waals surface area contributed by atoms with Crippen LogP contribution in [0.1, 0.15) is 16.5 Å². The summed E-state index contributed by atoms with van der Waals surface area (Å²) in [5.74, 6) is 0. The standard InChI is InChI=1S/C11H9ClOS/c12-9-5-3-8(4-6-9)11(13)10-2-1-7-14-10/h1-7,11,13H. The van der Waals surface area contributed by atoms with E-state index in [2.05, 4.69) is 0 Å². The Labute approximate surface area is 91.6 Å². The predicted molar refractivity (Wildman–Crippen MR) is 59.8 cm³/mol. The molecule has 72 valence electrons. The molecule has 0 aliphatic heterocycles. The molecule has 1 atom stereocenters. The molecule has 1 unspecified atom stereocenters. The molecule has 0 saturated carbocycles. The molecule has 3 heteroatoms. The van der Waals surface area contributed by atoms with Crippen molar-refractivity contribution < 1.29 is 5.11 Å². The van der Waals surface area contributed by atoms with Gasteiger partial charge in [0.2, 0.25) is 0 Å². The maximum atomic E-state index is 9.94. The topological polar surface area (TPSA) is 20.2 Å². The first-order valence-corrected chi connectivity index (χ1v) is 5.50. The van der Waals surface area contributed by atoms with Gasteiger partial charge in [0, 0.05) is 9.90 Å². The second-order valence-electron chi connectivity index (χ2n) is 2.97. The smallest absolute Gasteiger partial charge is 0.113 e. The molecule has 1 aromatic heterocycles. The minimum absolute atomic E-state index is 0.535. The van der Waals surface area contributed by atoms with E-state index < -0.39 is 6.10 Å². The van der Waals surface area contributed by atoms with Crippen LogP contribution in [0, 0.1) is 0 Å². The van der Waals surface area contributed by atoms with Crippen LogP contribution in [-0.4, -0.2) is 5.11 Å². The van der Waals surface area contributed by atoms with E-state index >= 15 is 0 Å². The molecule has 0 aliphatic carbocycles. The average Bonchev–Trinajstić information content (AvgIpc) is 2.71. The molecule has 0 radical (unpaired) electrons. The number of aliphatic hydroxyl groups excluding tert-OH is 1. The van der Waals surface area contributed by atoms with Gasteiger partial charge in [-0.2, -0.15) is 0 Å². The molecular formula is C11H9ClOS. The molecule has 1 aromatic carbocycles. The van der Waals surface area contributed by atoms with E-state index in [1.165, 1.54) is 0 Å². The summed E-state index contributed by atoms with van der Waals surface area (Å²) in [7, 11) is 0. The number of aliphatic hydroxyl groups is 1. The van der Waals surface area contributed by atoms with Gasteiger partial charge in [-0.1, -0.05) is 29.8 Å². The fourth-order valence-corrected chi connectivity index (χ4v) is 2.12. The Hall–Kier alpha value is -0.830. The zero-order valence-electron chi connectivity index (χ0n) is 7.35. The van der Waals surface area contributed by atoms with E-state index in [4.69, 9.17) is 11.6 Å². The lowest BCUT2D eigenvalue weighted by Crippen LogP contribution is -1.95. The van der Waals surface area contributed by atoms with Gasteiger partial charge in [-0.05, 0) is 29.1 Å². The monoisotopic (exact) mass is 224 g/mol. The summed E-state index contributed by atoms with van der Waals surface area (Å²) in [6.07, 6.45) is -0.535. The van der Waals surface area contributed by atoms with Gasteiger partial charge in [-0.15, -0.1) is 11.3 Å². The molecule has 0 fully saturated rings. The quantitative estimate of drug-likeness (QED) is 0.828. The number of rotatable bonds is 2. The first kappa shape index (κ1) is 9.71. The first-order chi connectivity index (χ1) is 6.77. The molecule has 1 nitrogen and oxygen atoms in total. The fourth-order valence-electron chi connectivity index (χ4n) is 1.26. The number of halogens is 1. The Kier molecular flexibility index (Phi) is 2.87. The highest BCUT2D eigenvalue weighted by Gasteiger charge is 2.10. The van der Waals surface area contributed by atoms with Gasteiger partial charge in [0.1, 0.15) is 6.10 Å². The molecule has 0 saturated heterocycles. The summed E-state index contributed by atoms with van der Waals surface area (Å²) in [5, 5.41) is 12.6. The Morgan fingerprint density at radius 2 is 1.86 bits per heavy atom. The van der Waals surface area contributed by atoms with Gasteiger partial charge in [0.05, 0.1) is 0 Å². The minimum Gasteiger partial charge on any atom is -0.383 e. The highest BCUT2D eigenvalue weighted by molar-refractivity contribution is 7.10. The zero-order chi connectivity index (χ0) is 9.97. The van der Waals surface area contributed by atoms with Gasteiger partial charge >= 0.3 is 0 Å². The molecule has 0 bridgehead atoms. The van der Waals surface area contributed by atoms with Crippen molar-refractivity contribution in [1.29, 1.82) is 0 Å². The normalized spacial score (nSPS) is 12.7. The van der Waals surface area contributed by atoms with E-state index in [0.29, 0.717) is 5.02 Å². The summed E-state index contributed by atoms with van der Waals surface area (Å²) in [5.41, 5.74) is 0.872. The number of benzene rings is 1. The molecule has 2 rings (SSSR count). The third-order valence-electron chi connectivity index (χ3n) is 2.00. The second-order valence-corrected chi connectivity index (χ2v) is 4.39. The highest BCUT2D eigenvalue weighted by Crippen LogP contribution is 2.26. The summed E-state index contributed by atoms with van der Waals surface area (Å²) in [4.78, 5) is 0.951. The Morgan fingerprint density at radius 1 is 1.14 bits per heavy atom. The molecule has 0 amide bonds. The van der Waals surface area contributed by atoms with E-state index in [0.717, 1.165) is 10.4 Å². The van der Waals surface area contributed by atoms with Crippen LogP contribution in [0.3, 0.4) is 0 Å². The van der Waals surface area contributed by atoms with Crippen LogP contribution in [0.15, 0.2) is 41.8 Å². The van der Waals surface area contributed by atoms with Gasteiger partial charge in [0.25, 0.3) is 0 Å². The number of thiophene rings is 1. The van der Waals surface area contributed by atoms with Crippen molar-refractivity contribution in [3.8, 4) is 0 Å². The molecule has 0 aliphatic rings. The molecule has 1 heterocycles. The summed E-state index contributed by atoms with van der Waals surface area (Å²) in [6, 6.07) is 11.1. The number of hydrogen-bond acceptors (Lipinski definition) is 2. The Bertz CT molecular complexity index is 394. The summed E-state index contributed by atoms with van der Waals surface area (Å²) >= 11 is 7.31. The van der Waals surface area contributed by atoms with E-state index in [1.54, 1.807) is 23.5 Å². The fraction of sp³-hybridized carbons (Fsp3) is 0.0909. The lowest BCUT2D eigenvalue weighted by atomic mass is 10.1. The van der Waals surface area contributed by atoms with Gasteiger partial charge in [-0.3, -0.25) is 0 Å². The van der Waals surface area contributed by atoms with Crippen molar-refractivity contribution in [2.24, 2.45) is 0 Å². The van der Waals surface area contributed by atoms with E-state index in [9.17, 15) is 5.11 Å². The van der Waals surface area contributed by atoms with Crippen LogP contribution in [-0.2, 0) is 0 Å². The SMILES string of the molecule is OC(c1ccc(Cl)cc1)c1cccs1. The van der Waals surface area contributed by atoms with Crippen LogP contribution >= 0.6 is 22.9 Å². The third-order valence-corrected chi connectivity index (χ3v) is 3.18. The summed E-state index contributed by atoms with van der Waals surface area (Å²) in [6.45, 7) is 0. The predicted octanol–water partition coefficient (Wildman–Crippen LogP) is 3.48. The van der Waals surface area contributed by atoms with Gasteiger partial charge in [0.15, 0.2) is 0 Å². The van der Waals surface area contributed by atoms with Crippen LogP contribution in [0.5, 0.6) is 0 Å². The zero-order valence-corrected chi connectivity index (χ0v) is 8.92. The van der Waals surface area contributed by atoms with Crippen LogP contribution in [0.4, 0.5) is 0 Å². The third kappa shape index (κ3) is 1.98. The van der Waals surface area contributed by atoms with Crippen LogP contribution in [0.25, 0.3) is 0 Å². The van der Waals surface area contributed by atoms with Crippen molar-refractivity contribution in [3.05, 3.63) is 57.2 Å². The molecule has 0 spiro atoms. The van der Waals surface area contributed by atoms with E-state index in [-0.39, 0.29) is 0 Å². The Balaban J connectivity index is 2.28. The average molecular weight is 225 g/mol. The highest BCUT2D eigenvalue weighted by atomic mass is 35.5. The minimum atomic E-state index is -0.535. The summed E-state index contributed by atoms with van der Waals surface area (Å²) < 4.78 is 0. The molecule has 2 aromatic rings. The largest absolute Gasteiger partial charge is 0.383 e. The Morgan fingerprint density at radius 3 is 2.43 bits per heavy atom. The lowest BCUT2D eigenvalue weighted by molar-refractivity contribution is 0.224. The second kappa shape index (κ2) is 4.13. The van der Waals surface area contributed by atoms with Crippen molar-refractivity contribution in [2.75, 3.05) is 0 Å². The molecular weight excluding hydrogens is 216 g/mol. The number of hydrogen-bond donors (Lipinski definition) is 1. The lowest BCUT2D eigenvalue weighted by Gasteiger charge is -2.08. The van der Waals surface area contributed by atoms with Crippen molar-refractivity contribution in [2.45, 2.75) is 6.10 Å². The maximum Gasteiger partial charge on any atom is 0.113 e.